The molecule has 6 nitrogen and oxygen atoms in total. The largest absolute Gasteiger partial charge is 0.377 e. The lowest BCUT2D eigenvalue weighted by Crippen LogP contribution is -2.14. The zero-order valence-electron chi connectivity index (χ0n) is 13.9. The van der Waals surface area contributed by atoms with Crippen LogP contribution in [-0.4, -0.2) is 35.2 Å². The first-order chi connectivity index (χ1) is 11.5. The van der Waals surface area contributed by atoms with Gasteiger partial charge in [0.05, 0.1) is 5.69 Å². The van der Waals surface area contributed by atoms with Crippen molar-refractivity contribution in [2.45, 2.75) is 6.92 Å². The fourth-order valence-corrected chi connectivity index (χ4v) is 2.45. The van der Waals surface area contributed by atoms with Gasteiger partial charge in [0.2, 0.25) is 0 Å². The zero-order valence-corrected chi connectivity index (χ0v) is 13.9. The molecule has 2 aromatic heterocycles. The number of aryl methyl sites for hydroxylation is 1. The van der Waals surface area contributed by atoms with Gasteiger partial charge in [-0.2, -0.15) is 5.10 Å². The summed E-state index contributed by atoms with van der Waals surface area (Å²) in [7, 11) is 3.95. The highest BCUT2D eigenvalue weighted by molar-refractivity contribution is 6.03. The molecule has 0 aliphatic heterocycles. The van der Waals surface area contributed by atoms with Gasteiger partial charge in [-0.15, -0.1) is 0 Å². The number of carbonyl (C=O) groups is 1. The second kappa shape index (κ2) is 6.54. The number of pyridine rings is 1. The summed E-state index contributed by atoms with van der Waals surface area (Å²) < 4.78 is 0. The van der Waals surface area contributed by atoms with Crippen LogP contribution in [0.25, 0.3) is 11.4 Å². The van der Waals surface area contributed by atoms with Crippen LogP contribution in [0.5, 0.6) is 0 Å². The molecule has 0 spiro atoms. The maximum Gasteiger partial charge on any atom is 0.273 e. The molecule has 24 heavy (non-hydrogen) atoms. The van der Waals surface area contributed by atoms with E-state index < -0.39 is 0 Å². The summed E-state index contributed by atoms with van der Waals surface area (Å²) in [5.74, 6) is -0.238. The van der Waals surface area contributed by atoms with E-state index in [0.29, 0.717) is 11.4 Å². The summed E-state index contributed by atoms with van der Waals surface area (Å²) in [6, 6.07) is 13.1. The number of aromatic nitrogens is 3. The lowest BCUT2D eigenvalue weighted by Gasteiger charge is -2.17. The van der Waals surface area contributed by atoms with Gasteiger partial charge in [0.1, 0.15) is 11.4 Å². The van der Waals surface area contributed by atoms with Crippen LogP contribution in [0.4, 0.5) is 11.4 Å². The molecule has 3 rings (SSSR count). The minimum absolute atomic E-state index is 0.238. The second-order valence-corrected chi connectivity index (χ2v) is 5.73. The van der Waals surface area contributed by atoms with Gasteiger partial charge in [-0.05, 0) is 42.8 Å². The lowest BCUT2D eigenvalue weighted by molar-refractivity contribution is 0.102. The zero-order chi connectivity index (χ0) is 17.1. The summed E-state index contributed by atoms with van der Waals surface area (Å²) in [5, 5.41) is 9.80. The number of aromatic amines is 1. The Kier molecular flexibility index (Phi) is 4.29. The number of benzene rings is 1. The molecule has 0 aliphatic carbocycles. The van der Waals surface area contributed by atoms with Crippen molar-refractivity contribution in [3.63, 3.8) is 0 Å². The number of hydrogen-bond acceptors (Lipinski definition) is 4. The Labute approximate surface area is 140 Å². The molecule has 0 atom stereocenters. The number of H-pyrrole nitrogens is 1. The molecule has 0 bridgehead atoms. The molecule has 0 fully saturated rings. The molecule has 1 aromatic carbocycles. The number of carbonyl (C=O) groups excluding carboxylic acids is 1. The van der Waals surface area contributed by atoms with Gasteiger partial charge < -0.3 is 10.2 Å². The molecule has 0 unspecified atom stereocenters. The van der Waals surface area contributed by atoms with Gasteiger partial charge in [-0.1, -0.05) is 12.1 Å². The van der Waals surface area contributed by atoms with Gasteiger partial charge in [0.25, 0.3) is 5.91 Å². The second-order valence-electron chi connectivity index (χ2n) is 5.73. The Morgan fingerprint density at radius 3 is 2.67 bits per heavy atom. The molecular weight excluding hydrogens is 302 g/mol. The van der Waals surface area contributed by atoms with Crippen LogP contribution in [0.1, 0.15) is 16.1 Å². The Morgan fingerprint density at radius 2 is 1.96 bits per heavy atom. The van der Waals surface area contributed by atoms with Gasteiger partial charge in [0.15, 0.2) is 0 Å². The minimum Gasteiger partial charge on any atom is -0.377 e. The van der Waals surface area contributed by atoms with Gasteiger partial charge in [-0.3, -0.25) is 14.9 Å². The fourth-order valence-electron chi connectivity index (χ4n) is 2.45. The summed E-state index contributed by atoms with van der Waals surface area (Å²) in [6.45, 7) is 2.04. The fraction of sp³-hybridized carbons (Fsp3) is 0.167. The highest BCUT2D eigenvalue weighted by atomic mass is 16.1. The van der Waals surface area contributed by atoms with E-state index in [2.05, 4.69) is 20.5 Å². The Balaban J connectivity index is 1.79. The molecule has 0 saturated heterocycles. The SMILES string of the molecule is Cc1ccc(NC(=O)c2cc(-c3ccccn3)n[nH]2)cc1N(C)C. The highest BCUT2D eigenvalue weighted by Gasteiger charge is 2.12. The van der Waals surface area contributed by atoms with Crippen molar-refractivity contribution in [2.75, 3.05) is 24.3 Å². The molecular formula is C18H19N5O. The number of nitrogens with one attached hydrogen (secondary N) is 2. The van der Waals surface area contributed by atoms with Crippen molar-refractivity contribution in [1.29, 1.82) is 0 Å². The average molecular weight is 321 g/mol. The minimum atomic E-state index is -0.238. The van der Waals surface area contributed by atoms with Crippen LogP contribution in [0, 0.1) is 6.92 Å². The maximum absolute atomic E-state index is 12.4. The Hall–Kier alpha value is -3.15. The van der Waals surface area contributed by atoms with Crippen molar-refractivity contribution in [3.05, 3.63) is 59.9 Å². The lowest BCUT2D eigenvalue weighted by atomic mass is 10.1. The molecule has 122 valence electrons. The quantitative estimate of drug-likeness (QED) is 0.774. The van der Waals surface area contributed by atoms with E-state index in [1.54, 1.807) is 12.3 Å². The van der Waals surface area contributed by atoms with Crippen LogP contribution >= 0.6 is 0 Å². The molecule has 1 amide bonds. The van der Waals surface area contributed by atoms with E-state index in [1.807, 2.05) is 62.3 Å². The van der Waals surface area contributed by atoms with Crippen molar-refractivity contribution in [3.8, 4) is 11.4 Å². The molecule has 0 aliphatic rings. The van der Waals surface area contributed by atoms with Crippen LogP contribution < -0.4 is 10.2 Å². The predicted octanol–water partition coefficient (Wildman–Crippen LogP) is 3.10. The molecule has 2 heterocycles. The van der Waals surface area contributed by atoms with Crippen LogP contribution in [-0.2, 0) is 0 Å². The van der Waals surface area contributed by atoms with Crippen LogP contribution in [0.15, 0.2) is 48.7 Å². The van der Waals surface area contributed by atoms with Crippen molar-refractivity contribution in [2.24, 2.45) is 0 Å². The number of rotatable bonds is 4. The number of anilines is 2. The first-order valence-electron chi connectivity index (χ1n) is 7.61. The Bertz CT molecular complexity index is 855. The monoisotopic (exact) mass is 321 g/mol. The van der Waals surface area contributed by atoms with Crippen LogP contribution in [0.3, 0.4) is 0 Å². The first kappa shape index (κ1) is 15.7. The molecule has 0 saturated carbocycles. The van der Waals surface area contributed by atoms with E-state index in [9.17, 15) is 4.79 Å². The Morgan fingerprint density at radius 1 is 1.12 bits per heavy atom. The standard InChI is InChI=1S/C18H19N5O/c1-12-7-8-13(10-17(12)23(2)3)20-18(24)16-11-15(21-22-16)14-6-4-5-9-19-14/h4-11H,1-3H3,(H,20,24)(H,21,22). The number of amides is 1. The van der Waals surface area contributed by atoms with Gasteiger partial charge in [-0.25, -0.2) is 0 Å². The predicted molar refractivity (Wildman–Crippen MR) is 95.3 cm³/mol. The van der Waals surface area contributed by atoms with E-state index in [4.69, 9.17) is 0 Å². The molecule has 6 heteroatoms. The number of hydrogen-bond donors (Lipinski definition) is 2. The highest BCUT2D eigenvalue weighted by Crippen LogP contribution is 2.23. The molecule has 0 radical (unpaired) electrons. The van der Waals surface area contributed by atoms with Crippen molar-refractivity contribution >= 4 is 17.3 Å². The first-order valence-corrected chi connectivity index (χ1v) is 7.61. The van der Waals surface area contributed by atoms with E-state index >= 15 is 0 Å². The van der Waals surface area contributed by atoms with Crippen LogP contribution in [0.2, 0.25) is 0 Å². The van der Waals surface area contributed by atoms with Crippen molar-refractivity contribution < 1.29 is 4.79 Å². The molecule has 2 N–H and O–H groups in total. The maximum atomic E-state index is 12.4. The normalized spacial score (nSPS) is 10.5. The van der Waals surface area contributed by atoms with E-state index in [0.717, 1.165) is 22.6 Å². The van der Waals surface area contributed by atoms with E-state index in [1.165, 1.54) is 0 Å². The smallest absolute Gasteiger partial charge is 0.273 e. The topological polar surface area (TPSA) is 73.9 Å². The third kappa shape index (κ3) is 3.27. The van der Waals surface area contributed by atoms with E-state index in [-0.39, 0.29) is 5.91 Å². The third-order valence-electron chi connectivity index (χ3n) is 3.70. The van der Waals surface area contributed by atoms with Gasteiger partial charge >= 0.3 is 0 Å². The summed E-state index contributed by atoms with van der Waals surface area (Å²) in [4.78, 5) is 18.6. The summed E-state index contributed by atoms with van der Waals surface area (Å²) >= 11 is 0. The molecule has 3 aromatic rings. The summed E-state index contributed by atoms with van der Waals surface area (Å²) in [5.41, 5.74) is 4.70. The third-order valence-corrected chi connectivity index (χ3v) is 3.70. The average Bonchev–Trinajstić information content (AvgIpc) is 3.07. The van der Waals surface area contributed by atoms with Crippen molar-refractivity contribution in [1.82, 2.24) is 15.2 Å². The summed E-state index contributed by atoms with van der Waals surface area (Å²) in [6.07, 6.45) is 1.69. The van der Waals surface area contributed by atoms with Gasteiger partial charge in [0, 0.05) is 31.7 Å². The number of nitrogens with zero attached hydrogens (tertiary/aromatic N) is 3.